The molecule has 0 saturated heterocycles. The molecule has 0 heterocycles. The molecule has 0 unspecified atom stereocenters. The van der Waals surface area contributed by atoms with Crippen LogP contribution in [0.2, 0.25) is 0 Å². The van der Waals surface area contributed by atoms with Crippen LogP contribution in [0.1, 0.15) is 43.0 Å². The lowest BCUT2D eigenvalue weighted by atomic mass is 10.1. The Hall–Kier alpha value is -2.58. The fourth-order valence-corrected chi connectivity index (χ4v) is 4.49. The standard InChI is InChI=1S/C23H34N4O3S/c1-6-30-22-13-18(4)7-12-21(22)15-26-23(24-5)25-14-19-8-10-20(11-9-19)16-31(28,29)27-17(2)3/h7-13,17,27H,6,14-16H2,1-5H3,(H2,24,25,26). The maximum atomic E-state index is 12.1. The van der Waals surface area contributed by atoms with Gasteiger partial charge in [0.25, 0.3) is 0 Å². The molecule has 0 radical (unpaired) electrons. The Labute approximate surface area is 186 Å². The molecular formula is C23H34N4O3S. The summed E-state index contributed by atoms with van der Waals surface area (Å²) in [5.41, 5.74) is 4.01. The molecule has 0 aliphatic carbocycles. The first-order valence-corrected chi connectivity index (χ1v) is 12.1. The number of nitrogens with zero attached hydrogens (tertiary/aromatic N) is 1. The second kappa shape index (κ2) is 11.7. The van der Waals surface area contributed by atoms with Gasteiger partial charge in [-0.05, 0) is 50.5 Å². The summed E-state index contributed by atoms with van der Waals surface area (Å²) in [5, 5.41) is 6.59. The fraction of sp³-hybridized carbons (Fsp3) is 0.435. The number of hydrogen-bond donors (Lipinski definition) is 3. The highest BCUT2D eigenvalue weighted by atomic mass is 32.2. The van der Waals surface area contributed by atoms with Crippen LogP contribution in [-0.2, 0) is 28.9 Å². The Morgan fingerprint density at radius 3 is 2.29 bits per heavy atom. The van der Waals surface area contributed by atoms with Crippen molar-refractivity contribution in [3.63, 3.8) is 0 Å². The van der Waals surface area contributed by atoms with E-state index in [1.165, 1.54) is 0 Å². The predicted molar refractivity (Wildman–Crippen MR) is 127 cm³/mol. The van der Waals surface area contributed by atoms with E-state index >= 15 is 0 Å². The first-order valence-electron chi connectivity index (χ1n) is 10.5. The van der Waals surface area contributed by atoms with Gasteiger partial charge in [0.05, 0.1) is 12.4 Å². The van der Waals surface area contributed by atoms with Gasteiger partial charge in [-0.1, -0.05) is 36.4 Å². The lowest BCUT2D eigenvalue weighted by molar-refractivity contribution is 0.336. The molecule has 2 rings (SSSR count). The largest absolute Gasteiger partial charge is 0.494 e. The van der Waals surface area contributed by atoms with Crippen LogP contribution in [-0.4, -0.2) is 34.1 Å². The molecule has 0 aromatic heterocycles. The monoisotopic (exact) mass is 446 g/mol. The number of guanidine groups is 1. The smallest absolute Gasteiger partial charge is 0.216 e. The average Bonchev–Trinajstić information content (AvgIpc) is 2.69. The molecule has 0 aliphatic heterocycles. The zero-order valence-electron chi connectivity index (χ0n) is 19.0. The number of aryl methyl sites for hydroxylation is 1. The maximum absolute atomic E-state index is 12.1. The van der Waals surface area contributed by atoms with Crippen LogP contribution in [0.5, 0.6) is 5.75 Å². The molecular weight excluding hydrogens is 412 g/mol. The Balaban J connectivity index is 1.90. The summed E-state index contributed by atoms with van der Waals surface area (Å²) in [4.78, 5) is 4.27. The highest BCUT2D eigenvalue weighted by molar-refractivity contribution is 7.88. The number of rotatable bonds is 10. The number of benzene rings is 2. The Bertz CT molecular complexity index is 971. The highest BCUT2D eigenvalue weighted by Crippen LogP contribution is 2.20. The van der Waals surface area contributed by atoms with Crippen LogP contribution in [0.3, 0.4) is 0 Å². The van der Waals surface area contributed by atoms with Crippen molar-refractivity contribution in [3.05, 3.63) is 64.7 Å². The highest BCUT2D eigenvalue weighted by Gasteiger charge is 2.13. The molecule has 31 heavy (non-hydrogen) atoms. The third-order valence-electron chi connectivity index (χ3n) is 4.45. The predicted octanol–water partition coefficient (Wildman–Crippen LogP) is 3.09. The lowest BCUT2D eigenvalue weighted by Crippen LogP contribution is -2.36. The van der Waals surface area contributed by atoms with Gasteiger partial charge < -0.3 is 15.4 Å². The number of sulfonamides is 1. The van der Waals surface area contributed by atoms with Crippen LogP contribution in [0.15, 0.2) is 47.5 Å². The van der Waals surface area contributed by atoms with Gasteiger partial charge >= 0.3 is 0 Å². The van der Waals surface area contributed by atoms with E-state index in [0.717, 1.165) is 28.0 Å². The first-order chi connectivity index (χ1) is 14.7. The fourth-order valence-electron chi connectivity index (χ4n) is 3.06. The molecule has 0 bridgehead atoms. The third kappa shape index (κ3) is 8.59. The molecule has 0 atom stereocenters. The van der Waals surface area contributed by atoms with Gasteiger partial charge in [-0.3, -0.25) is 4.99 Å². The van der Waals surface area contributed by atoms with Crippen molar-refractivity contribution in [1.29, 1.82) is 0 Å². The van der Waals surface area contributed by atoms with Gasteiger partial charge in [-0.2, -0.15) is 0 Å². The summed E-state index contributed by atoms with van der Waals surface area (Å²) >= 11 is 0. The molecule has 8 heteroatoms. The minimum atomic E-state index is -3.33. The second-order valence-electron chi connectivity index (χ2n) is 7.67. The van der Waals surface area contributed by atoms with Gasteiger partial charge in [0.1, 0.15) is 5.75 Å². The van der Waals surface area contributed by atoms with E-state index < -0.39 is 10.0 Å². The van der Waals surface area contributed by atoms with E-state index in [0.29, 0.717) is 25.7 Å². The van der Waals surface area contributed by atoms with Gasteiger partial charge in [0, 0.05) is 31.7 Å². The molecule has 0 saturated carbocycles. The number of hydrogen-bond acceptors (Lipinski definition) is 4. The Morgan fingerprint density at radius 1 is 1.03 bits per heavy atom. The van der Waals surface area contributed by atoms with E-state index in [2.05, 4.69) is 32.5 Å². The minimum Gasteiger partial charge on any atom is -0.494 e. The second-order valence-corrected chi connectivity index (χ2v) is 9.43. The van der Waals surface area contributed by atoms with Crippen LogP contribution in [0.4, 0.5) is 0 Å². The topological polar surface area (TPSA) is 91.8 Å². The Kier molecular flexibility index (Phi) is 9.33. The van der Waals surface area contributed by atoms with E-state index in [4.69, 9.17) is 4.74 Å². The molecule has 0 aliphatic rings. The van der Waals surface area contributed by atoms with Crippen molar-refractivity contribution in [2.24, 2.45) is 4.99 Å². The summed E-state index contributed by atoms with van der Waals surface area (Å²) in [6.07, 6.45) is 0. The molecule has 0 fully saturated rings. The summed E-state index contributed by atoms with van der Waals surface area (Å²) < 4.78 is 32.5. The Morgan fingerprint density at radius 2 is 1.68 bits per heavy atom. The molecule has 0 amide bonds. The van der Waals surface area contributed by atoms with Gasteiger partial charge in [0.15, 0.2) is 5.96 Å². The van der Waals surface area contributed by atoms with E-state index in [-0.39, 0.29) is 11.8 Å². The van der Waals surface area contributed by atoms with Crippen LogP contribution < -0.4 is 20.1 Å². The van der Waals surface area contributed by atoms with Crippen LogP contribution in [0, 0.1) is 6.92 Å². The maximum Gasteiger partial charge on any atom is 0.216 e. The van der Waals surface area contributed by atoms with Crippen molar-refractivity contribution < 1.29 is 13.2 Å². The van der Waals surface area contributed by atoms with Gasteiger partial charge in [0.2, 0.25) is 10.0 Å². The van der Waals surface area contributed by atoms with Crippen LogP contribution in [0.25, 0.3) is 0 Å². The van der Waals surface area contributed by atoms with Gasteiger partial charge in [-0.25, -0.2) is 13.1 Å². The quantitative estimate of drug-likeness (QED) is 0.385. The zero-order valence-corrected chi connectivity index (χ0v) is 19.8. The summed E-state index contributed by atoms with van der Waals surface area (Å²) in [5.74, 6) is 1.53. The van der Waals surface area contributed by atoms with E-state index in [1.807, 2.05) is 58.0 Å². The molecule has 0 spiro atoms. The van der Waals surface area contributed by atoms with Crippen molar-refractivity contribution >= 4 is 16.0 Å². The van der Waals surface area contributed by atoms with E-state index in [1.54, 1.807) is 7.05 Å². The summed E-state index contributed by atoms with van der Waals surface area (Å²) in [6.45, 7) is 9.42. The molecule has 2 aromatic carbocycles. The number of aliphatic imine (C=N–C) groups is 1. The molecule has 7 nitrogen and oxygen atoms in total. The first kappa shape index (κ1) is 24.7. The zero-order chi connectivity index (χ0) is 22.9. The summed E-state index contributed by atoms with van der Waals surface area (Å²) in [6, 6.07) is 13.6. The third-order valence-corrected chi connectivity index (χ3v) is 5.99. The number of nitrogens with one attached hydrogen (secondary N) is 3. The SMILES string of the molecule is CCOc1cc(C)ccc1CNC(=NC)NCc1ccc(CS(=O)(=O)NC(C)C)cc1. The van der Waals surface area contributed by atoms with E-state index in [9.17, 15) is 8.42 Å². The average molecular weight is 447 g/mol. The minimum absolute atomic E-state index is 0.0270. The molecule has 2 aromatic rings. The van der Waals surface area contributed by atoms with Gasteiger partial charge in [-0.15, -0.1) is 0 Å². The normalized spacial score (nSPS) is 12.1. The summed E-state index contributed by atoms with van der Waals surface area (Å²) in [7, 11) is -1.60. The van der Waals surface area contributed by atoms with Crippen molar-refractivity contribution in [3.8, 4) is 5.75 Å². The lowest BCUT2D eigenvalue weighted by Gasteiger charge is -2.15. The number of ether oxygens (including phenoxy) is 1. The molecule has 170 valence electrons. The van der Waals surface area contributed by atoms with Crippen molar-refractivity contribution in [2.45, 2.75) is 52.6 Å². The van der Waals surface area contributed by atoms with Crippen molar-refractivity contribution in [1.82, 2.24) is 15.4 Å². The van der Waals surface area contributed by atoms with Crippen molar-refractivity contribution in [2.75, 3.05) is 13.7 Å². The van der Waals surface area contributed by atoms with Crippen LogP contribution >= 0.6 is 0 Å². The molecule has 3 N–H and O–H groups in total.